The summed E-state index contributed by atoms with van der Waals surface area (Å²) in [6.45, 7) is 4.89. The van der Waals surface area contributed by atoms with Gasteiger partial charge in [0.2, 0.25) is 0 Å². The van der Waals surface area contributed by atoms with Gasteiger partial charge in [0.1, 0.15) is 11.9 Å². The number of hydrogen-bond acceptors (Lipinski definition) is 5. The molecule has 1 aromatic carbocycles. The first-order valence-corrected chi connectivity index (χ1v) is 6.76. The van der Waals surface area contributed by atoms with Gasteiger partial charge in [0, 0.05) is 7.11 Å². The van der Waals surface area contributed by atoms with Gasteiger partial charge in [-0.25, -0.2) is 4.79 Å². The molecule has 0 spiro atoms. The Bertz CT molecular complexity index is 388. The van der Waals surface area contributed by atoms with Gasteiger partial charge in [-0.2, -0.15) is 4.89 Å². The Hall–Kier alpha value is -1.59. The lowest BCUT2D eigenvalue weighted by Crippen LogP contribution is -2.18. The topological polar surface area (TPSA) is 54.0 Å². The zero-order valence-electron chi connectivity index (χ0n) is 12.3. The fourth-order valence-corrected chi connectivity index (χ4v) is 1.46. The maximum absolute atomic E-state index is 11.7. The van der Waals surface area contributed by atoms with Crippen molar-refractivity contribution >= 4 is 5.97 Å². The van der Waals surface area contributed by atoms with E-state index < -0.39 is 5.97 Å². The van der Waals surface area contributed by atoms with Crippen LogP contribution in [0, 0.1) is 0 Å². The van der Waals surface area contributed by atoms with Gasteiger partial charge in [0.15, 0.2) is 0 Å². The van der Waals surface area contributed by atoms with Crippen molar-refractivity contribution in [2.75, 3.05) is 20.3 Å². The largest absolute Gasteiger partial charge is 0.494 e. The molecule has 20 heavy (non-hydrogen) atoms. The summed E-state index contributed by atoms with van der Waals surface area (Å²) in [4.78, 5) is 21.3. The van der Waals surface area contributed by atoms with E-state index in [1.165, 1.54) is 0 Å². The molecule has 1 aromatic rings. The van der Waals surface area contributed by atoms with Crippen molar-refractivity contribution in [2.24, 2.45) is 0 Å². The van der Waals surface area contributed by atoms with Gasteiger partial charge < -0.3 is 9.47 Å². The van der Waals surface area contributed by atoms with Crippen molar-refractivity contribution in [1.29, 1.82) is 0 Å². The Morgan fingerprint density at radius 3 is 2.55 bits per heavy atom. The highest BCUT2D eigenvalue weighted by Gasteiger charge is 2.11. The van der Waals surface area contributed by atoms with E-state index in [1.54, 1.807) is 38.3 Å². The smallest absolute Gasteiger partial charge is 0.373 e. The summed E-state index contributed by atoms with van der Waals surface area (Å²) in [5.74, 6) is 0.205. The van der Waals surface area contributed by atoms with E-state index in [-0.39, 0.29) is 6.10 Å². The van der Waals surface area contributed by atoms with Crippen LogP contribution >= 0.6 is 0 Å². The number of carbonyl (C=O) groups is 1. The average molecular weight is 282 g/mol. The van der Waals surface area contributed by atoms with Crippen molar-refractivity contribution in [3.63, 3.8) is 0 Å². The number of rotatable bonds is 9. The van der Waals surface area contributed by atoms with Crippen LogP contribution in [0.2, 0.25) is 0 Å². The summed E-state index contributed by atoms with van der Waals surface area (Å²) in [7, 11) is 1.55. The second kappa shape index (κ2) is 9.34. The molecule has 0 bridgehead atoms. The molecule has 0 aliphatic carbocycles. The molecule has 0 saturated carbocycles. The Balaban J connectivity index is 2.40. The summed E-state index contributed by atoms with van der Waals surface area (Å²) in [6, 6.07) is 6.78. The van der Waals surface area contributed by atoms with Gasteiger partial charge >= 0.3 is 5.97 Å². The normalized spacial score (nSPS) is 11.9. The minimum atomic E-state index is -0.534. The molecule has 1 rings (SSSR count). The van der Waals surface area contributed by atoms with Gasteiger partial charge in [-0.1, -0.05) is 13.3 Å². The zero-order chi connectivity index (χ0) is 14.8. The predicted molar refractivity (Wildman–Crippen MR) is 74.7 cm³/mol. The van der Waals surface area contributed by atoms with Crippen LogP contribution < -0.4 is 4.74 Å². The molecule has 0 aromatic heterocycles. The lowest BCUT2D eigenvalue weighted by Gasteiger charge is -2.10. The first-order valence-electron chi connectivity index (χ1n) is 6.76. The summed E-state index contributed by atoms with van der Waals surface area (Å²) in [5.41, 5.74) is 0.414. The zero-order valence-corrected chi connectivity index (χ0v) is 12.3. The Labute approximate surface area is 119 Å². The third-order valence-corrected chi connectivity index (χ3v) is 2.55. The average Bonchev–Trinajstić information content (AvgIpc) is 2.46. The number of ether oxygens (including phenoxy) is 2. The molecule has 0 heterocycles. The second-order valence-corrected chi connectivity index (χ2v) is 4.46. The molecule has 1 atom stereocenters. The van der Waals surface area contributed by atoms with E-state index in [0.29, 0.717) is 18.8 Å². The highest BCUT2D eigenvalue weighted by Crippen LogP contribution is 2.13. The third kappa shape index (κ3) is 6.04. The van der Waals surface area contributed by atoms with Crippen molar-refractivity contribution in [3.05, 3.63) is 29.8 Å². The van der Waals surface area contributed by atoms with Crippen LogP contribution in [0.1, 0.15) is 37.0 Å². The number of methoxy groups -OCH3 is 1. The molecule has 0 aliphatic heterocycles. The predicted octanol–water partition coefficient (Wildman–Crippen LogP) is 2.99. The molecule has 0 amide bonds. The Morgan fingerprint density at radius 2 is 1.95 bits per heavy atom. The van der Waals surface area contributed by atoms with Gasteiger partial charge in [0.25, 0.3) is 0 Å². The minimum Gasteiger partial charge on any atom is -0.494 e. The van der Waals surface area contributed by atoms with Crippen molar-refractivity contribution in [2.45, 2.75) is 32.8 Å². The number of unbranched alkanes of at least 4 members (excludes halogenated alkanes) is 1. The molecule has 1 unspecified atom stereocenters. The molecular formula is C15H22O5. The molecular weight excluding hydrogens is 260 g/mol. The van der Waals surface area contributed by atoms with Crippen LogP contribution in [0.3, 0.4) is 0 Å². The first-order chi connectivity index (χ1) is 9.67. The standard InChI is InChI=1S/C15H22O5/c1-4-5-10-18-14-8-6-13(7-9-14)15(16)20-19-12(2)11-17-3/h6-9,12H,4-5,10-11H2,1-3H3. The van der Waals surface area contributed by atoms with Crippen LogP contribution in [-0.2, 0) is 14.5 Å². The molecule has 0 fully saturated rings. The highest BCUT2D eigenvalue weighted by molar-refractivity contribution is 5.89. The summed E-state index contributed by atoms with van der Waals surface area (Å²) in [6.07, 6.45) is 1.79. The van der Waals surface area contributed by atoms with E-state index in [0.717, 1.165) is 18.6 Å². The fourth-order valence-electron chi connectivity index (χ4n) is 1.46. The fraction of sp³-hybridized carbons (Fsp3) is 0.533. The van der Waals surface area contributed by atoms with E-state index in [4.69, 9.17) is 19.2 Å². The minimum absolute atomic E-state index is 0.305. The molecule has 5 heteroatoms. The summed E-state index contributed by atoms with van der Waals surface area (Å²) in [5, 5.41) is 0. The Morgan fingerprint density at radius 1 is 1.25 bits per heavy atom. The van der Waals surface area contributed by atoms with E-state index >= 15 is 0 Å². The van der Waals surface area contributed by atoms with Crippen LogP contribution in [0.15, 0.2) is 24.3 Å². The highest BCUT2D eigenvalue weighted by atomic mass is 17.2. The van der Waals surface area contributed by atoms with Gasteiger partial charge in [0.05, 0.1) is 18.8 Å². The van der Waals surface area contributed by atoms with E-state index in [2.05, 4.69) is 6.92 Å². The maximum Gasteiger partial charge on any atom is 0.373 e. The molecule has 5 nitrogen and oxygen atoms in total. The monoisotopic (exact) mass is 282 g/mol. The third-order valence-electron chi connectivity index (χ3n) is 2.55. The quantitative estimate of drug-likeness (QED) is 0.396. The number of hydrogen-bond donors (Lipinski definition) is 0. The summed E-state index contributed by atoms with van der Waals surface area (Å²) < 4.78 is 10.4. The van der Waals surface area contributed by atoms with Gasteiger partial charge in [-0.15, -0.1) is 0 Å². The Kier molecular flexibility index (Phi) is 7.69. The van der Waals surface area contributed by atoms with Crippen molar-refractivity contribution in [1.82, 2.24) is 0 Å². The molecule has 0 saturated heterocycles. The first kappa shape index (κ1) is 16.5. The van der Waals surface area contributed by atoms with Crippen LogP contribution in [-0.4, -0.2) is 32.4 Å². The van der Waals surface area contributed by atoms with Crippen LogP contribution in [0.4, 0.5) is 0 Å². The van der Waals surface area contributed by atoms with E-state index in [1.807, 2.05) is 0 Å². The van der Waals surface area contributed by atoms with Crippen molar-refractivity contribution in [3.8, 4) is 5.75 Å². The molecule has 0 N–H and O–H groups in total. The maximum atomic E-state index is 11.7. The lowest BCUT2D eigenvalue weighted by atomic mass is 10.2. The van der Waals surface area contributed by atoms with Crippen LogP contribution in [0.25, 0.3) is 0 Å². The molecule has 0 aliphatic rings. The summed E-state index contributed by atoms with van der Waals surface area (Å²) >= 11 is 0. The van der Waals surface area contributed by atoms with E-state index in [9.17, 15) is 4.79 Å². The van der Waals surface area contributed by atoms with Crippen LogP contribution in [0.5, 0.6) is 5.75 Å². The molecule has 112 valence electrons. The van der Waals surface area contributed by atoms with Gasteiger partial charge in [-0.05, 0) is 37.6 Å². The molecule has 0 radical (unpaired) electrons. The number of carbonyl (C=O) groups excluding carboxylic acids is 1. The van der Waals surface area contributed by atoms with Crippen molar-refractivity contribution < 1.29 is 24.0 Å². The second-order valence-electron chi connectivity index (χ2n) is 4.46. The number of benzene rings is 1. The van der Waals surface area contributed by atoms with Gasteiger partial charge in [-0.3, -0.25) is 4.89 Å². The SMILES string of the molecule is CCCCOc1ccc(C(=O)OOC(C)COC)cc1. The lowest BCUT2D eigenvalue weighted by molar-refractivity contribution is -0.276.